The number of aliphatic carboxylic acids is 1. The van der Waals surface area contributed by atoms with Crippen LogP contribution in [0.2, 0.25) is 0 Å². The predicted molar refractivity (Wildman–Crippen MR) is 82.0 cm³/mol. The lowest BCUT2D eigenvalue weighted by Crippen LogP contribution is -2.52. The number of nitrogens with zero attached hydrogens (tertiary/aromatic N) is 1. The Labute approximate surface area is 124 Å². The van der Waals surface area contributed by atoms with Gasteiger partial charge in [-0.15, -0.1) is 0 Å². The van der Waals surface area contributed by atoms with Crippen molar-refractivity contribution >= 4 is 23.2 Å². The van der Waals surface area contributed by atoms with E-state index in [-0.39, 0.29) is 6.04 Å². The number of benzene rings is 2. The number of hydrogen-bond acceptors (Lipinski definition) is 2. The van der Waals surface area contributed by atoms with Gasteiger partial charge in [0.1, 0.15) is 0 Å². The third-order valence-corrected chi connectivity index (χ3v) is 3.91. The summed E-state index contributed by atoms with van der Waals surface area (Å²) in [5, 5.41) is 11.7. The van der Waals surface area contributed by atoms with E-state index in [4.69, 9.17) is 0 Å². The van der Waals surface area contributed by atoms with Gasteiger partial charge in [-0.3, -0.25) is 4.79 Å². The van der Waals surface area contributed by atoms with Crippen LogP contribution in [0.15, 0.2) is 42.5 Å². The summed E-state index contributed by atoms with van der Waals surface area (Å²) in [4.78, 5) is 24.6. The van der Waals surface area contributed by atoms with Crippen molar-refractivity contribution in [3.05, 3.63) is 48.0 Å². The molecule has 0 aliphatic carbocycles. The number of carbonyl (C=O) groups is 2. The van der Waals surface area contributed by atoms with E-state index >= 15 is 0 Å². The van der Waals surface area contributed by atoms with Crippen LogP contribution < -0.4 is 0 Å². The Morgan fingerprint density at radius 2 is 1.81 bits per heavy atom. The first-order chi connectivity index (χ1) is 9.91. The molecule has 0 saturated carbocycles. The molecule has 0 fully saturated rings. The molecule has 0 aliphatic heterocycles. The highest BCUT2D eigenvalue weighted by atomic mass is 16.4. The molecule has 21 heavy (non-hydrogen) atoms. The van der Waals surface area contributed by atoms with E-state index in [1.165, 1.54) is 4.90 Å². The number of fused-ring (bicyclic) bond motifs is 1. The van der Waals surface area contributed by atoms with Gasteiger partial charge in [0.2, 0.25) is 6.41 Å². The van der Waals surface area contributed by atoms with Gasteiger partial charge in [0, 0.05) is 6.04 Å². The first-order valence-electron chi connectivity index (χ1n) is 6.87. The van der Waals surface area contributed by atoms with Crippen LogP contribution in [-0.2, 0) is 15.1 Å². The maximum absolute atomic E-state index is 11.9. The number of carbonyl (C=O) groups excluding carboxylic acids is 1. The highest BCUT2D eigenvalue weighted by Crippen LogP contribution is 2.31. The maximum atomic E-state index is 11.9. The largest absolute Gasteiger partial charge is 0.479 e. The Hall–Kier alpha value is -2.36. The van der Waals surface area contributed by atoms with Gasteiger partial charge in [-0.2, -0.15) is 0 Å². The van der Waals surface area contributed by atoms with Crippen molar-refractivity contribution in [2.24, 2.45) is 0 Å². The SMILES string of the molecule is CC(C)N(C=O)C(C)(C(=O)O)c1ccc2ccccc2c1. The molecule has 0 aliphatic rings. The fourth-order valence-electron chi connectivity index (χ4n) is 2.62. The average molecular weight is 285 g/mol. The van der Waals surface area contributed by atoms with Gasteiger partial charge >= 0.3 is 5.97 Å². The fourth-order valence-corrected chi connectivity index (χ4v) is 2.62. The molecule has 4 heteroatoms. The van der Waals surface area contributed by atoms with Crippen LogP contribution in [-0.4, -0.2) is 28.4 Å². The maximum Gasteiger partial charge on any atom is 0.334 e. The highest BCUT2D eigenvalue weighted by molar-refractivity contribution is 5.88. The molecule has 0 spiro atoms. The smallest absolute Gasteiger partial charge is 0.334 e. The van der Waals surface area contributed by atoms with Crippen molar-refractivity contribution in [2.45, 2.75) is 32.4 Å². The van der Waals surface area contributed by atoms with E-state index in [2.05, 4.69) is 0 Å². The normalized spacial score (nSPS) is 13.9. The summed E-state index contributed by atoms with van der Waals surface area (Å²) in [5.74, 6) is -1.04. The summed E-state index contributed by atoms with van der Waals surface area (Å²) in [6.07, 6.45) is 0.605. The van der Waals surface area contributed by atoms with Crippen LogP contribution in [0.4, 0.5) is 0 Å². The summed E-state index contributed by atoms with van der Waals surface area (Å²) in [7, 11) is 0. The van der Waals surface area contributed by atoms with Crippen LogP contribution in [0.3, 0.4) is 0 Å². The van der Waals surface area contributed by atoms with Crippen molar-refractivity contribution in [3.8, 4) is 0 Å². The summed E-state index contributed by atoms with van der Waals surface area (Å²) in [6, 6.07) is 13.0. The van der Waals surface area contributed by atoms with Gasteiger partial charge in [0.05, 0.1) is 0 Å². The fraction of sp³-hybridized carbons (Fsp3) is 0.294. The van der Waals surface area contributed by atoms with Crippen LogP contribution in [0.1, 0.15) is 26.3 Å². The van der Waals surface area contributed by atoms with E-state index in [1.54, 1.807) is 26.8 Å². The van der Waals surface area contributed by atoms with E-state index in [0.29, 0.717) is 12.0 Å². The quantitative estimate of drug-likeness (QED) is 0.859. The Bertz CT molecular complexity index is 681. The molecule has 0 radical (unpaired) electrons. The van der Waals surface area contributed by atoms with Gasteiger partial charge in [-0.25, -0.2) is 4.79 Å². The lowest BCUT2D eigenvalue weighted by molar-refractivity contribution is -0.156. The second-order valence-corrected chi connectivity index (χ2v) is 5.55. The lowest BCUT2D eigenvalue weighted by Gasteiger charge is -2.38. The monoisotopic (exact) mass is 285 g/mol. The molecule has 1 atom stereocenters. The number of amides is 1. The van der Waals surface area contributed by atoms with E-state index in [1.807, 2.05) is 36.4 Å². The predicted octanol–water partition coefficient (Wildman–Crippen LogP) is 3.01. The Morgan fingerprint density at radius 3 is 2.33 bits per heavy atom. The van der Waals surface area contributed by atoms with Crippen molar-refractivity contribution in [1.82, 2.24) is 4.90 Å². The molecule has 0 heterocycles. The number of hydrogen-bond donors (Lipinski definition) is 1. The van der Waals surface area contributed by atoms with Gasteiger partial charge < -0.3 is 10.0 Å². The van der Waals surface area contributed by atoms with Gasteiger partial charge in [-0.1, -0.05) is 36.4 Å². The van der Waals surface area contributed by atoms with Gasteiger partial charge in [0.15, 0.2) is 5.54 Å². The summed E-state index contributed by atoms with van der Waals surface area (Å²) in [5.41, 5.74) is -0.797. The molecule has 0 saturated heterocycles. The van der Waals surface area contributed by atoms with Crippen LogP contribution in [0, 0.1) is 0 Å². The van der Waals surface area contributed by atoms with E-state index in [9.17, 15) is 14.7 Å². The van der Waals surface area contributed by atoms with E-state index < -0.39 is 11.5 Å². The van der Waals surface area contributed by atoms with Gasteiger partial charge in [0.25, 0.3) is 0 Å². The molecule has 1 amide bonds. The zero-order valence-electron chi connectivity index (χ0n) is 12.4. The van der Waals surface area contributed by atoms with Crippen LogP contribution >= 0.6 is 0 Å². The molecule has 2 aromatic carbocycles. The molecule has 1 N–H and O–H groups in total. The van der Waals surface area contributed by atoms with Crippen LogP contribution in [0.25, 0.3) is 10.8 Å². The first-order valence-corrected chi connectivity index (χ1v) is 6.87. The molecule has 4 nitrogen and oxygen atoms in total. The molecular weight excluding hydrogens is 266 g/mol. The van der Waals surface area contributed by atoms with Crippen molar-refractivity contribution < 1.29 is 14.7 Å². The lowest BCUT2D eigenvalue weighted by atomic mass is 9.88. The third kappa shape index (κ3) is 2.49. The standard InChI is InChI=1S/C17H19NO3/c1-12(2)18(11-19)17(3,16(20)21)15-9-8-13-6-4-5-7-14(13)10-15/h4-12H,1-3H3,(H,20,21). The molecule has 0 bridgehead atoms. The molecule has 110 valence electrons. The average Bonchev–Trinajstić information content (AvgIpc) is 2.46. The van der Waals surface area contributed by atoms with Crippen molar-refractivity contribution in [1.29, 1.82) is 0 Å². The molecule has 2 rings (SSSR count). The van der Waals surface area contributed by atoms with Gasteiger partial charge in [-0.05, 0) is 43.2 Å². The third-order valence-electron chi connectivity index (χ3n) is 3.91. The summed E-state index contributed by atoms with van der Waals surface area (Å²) in [6.45, 7) is 5.17. The minimum atomic E-state index is -1.39. The molecule has 1 unspecified atom stereocenters. The van der Waals surface area contributed by atoms with Crippen molar-refractivity contribution in [3.63, 3.8) is 0 Å². The molecule has 0 aromatic heterocycles. The molecular formula is C17H19NO3. The number of carboxylic acids is 1. The second-order valence-electron chi connectivity index (χ2n) is 5.55. The Kier molecular flexibility index (Phi) is 3.98. The number of rotatable bonds is 5. The Balaban J connectivity index is 2.64. The topological polar surface area (TPSA) is 57.6 Å². The van der Waals surface area contributed by atoms with E-state index in [0.717, 1.165) is 10.8 Å². The first kappa shape index (κ1) is 15.0. The minimum absolute atomic E-state index is 0.213. The summed E-state index contributed by atoms with van der Waals surface area (Å²) >= 11 is 0. The minimum Gasteiger partial charge on any atom is -0.479 e. The van der Waals surface area contributed by atoms with Crippen molar-refractivity contribution in [2.75, 3.05) is 0 Å². The zero-order valence-corrected chi connectivity index (χ0v) is 12.4. The second kappa shape index (κ2) is 5.56. The van der Waals surface area contributed by atoms with Crippen LogP contribution in [0.5, 0.6) is 0 Å². The zero-order chi connectivity index (χ0) is 15.6. The molecule has 2 aromatic rings. The number of carboxylic acid groups (broad SMARTS) is 1. The summed E-state index contributed by atoms with van der Waals surface area (Å²) < 4.78 is 0. The highest BCUT2D eigenvalue weighted by Gasteiger charge is 2.42. The Morgan fingerprint density at radius 1 is 1.19 bits per heavy atom.